The molecule has 6 rings (SSSR count). The zero-order chi connectivity index (χ0) is 23.4. The molecular weight excluding hydrogens is 448 g/mol. The van der Waals surface area contributed by atoms with Crippen LogP contribution in [0, 0.1) is 0 Å². The highest BCUT2D eigenvalue weighted by Crippen LogP contribution is 2.36. The lowest BCUT2D eigenvalue weighted by atomic mass is 9.95. The molecule has 2 bridgehead atoms. The second kappa shape index (κ2) is 8.12. The molecule has 2 atom stereocenters. The molecule has 1 N–H and O–H groups in total. The van der Waals surface area contributed by atoms with Gasteiger partial charge in [0.25, 0.3) is 12.3 Å². The number of ketones is 1. The first-order valence-corrected chi connectivity index (χ1v) is 11.4. The van der Waals surface area contributed by atoms with Gasteiger partial charge in [-0.1, -0.05) is 0 Å². The van der Waals surface area contributed by atoms with Crippen molar-refractivity contribution in [3.05, 3.63) is 35.9 Å². The maximum Gasteiger partial charge on any atom is 0.284 e. The third-order valence-corrected chi connectivity index (χ3v) is 6.88. The van der Waals surface area contributed by atoms with Crippen molar-refractivity contribution in [3.8, 4) is 0 Å². The van der Waals surface area contributed by atoms with Gasteiger partial charge in [-0.25, -0.2) is 18.3 Å². The Kier molecular flexibility index (Phi) is 5.05. The number of nitrogens with zero attached hydrogens (tertiary/aromatic N) is 6. The Morgan fingerprint density at radius 2 is 2.03 bits per heavy atom. The number of hydrogen-bond donors (Lipinski definition) is 1. The molecule has 0 spiro atoms. The van der Waals surface area contributed by atoms with E-state index in [1.165, 1.54) is 15.4 Å². The summed E-state index contributed by atoms with van der Waals surface area (Å²) >= 11 is 0. The Morgan fingerprint density at radius 1 is 1.21 bits per heavy atom. The second-order valence-corrected chi connectivity index (χ2v) is 9.02. The fraction of sp³-hybridized carbons (Fsp3) is 0.500. The van der Waals surface area contributed by atoms with Crippen molar-refractivity contribution in [3.63, 3.8) is 0 Å². The van der Waals surface area contributed by atoms with Crippen molar-refractivity contribution in [2.45, 2.75) is 56.7 Å². The Morgan fingerprint density at radius 3 is 2.74 bits per heavy atom. The summed E-state index contributed by atoms with van der Waals surface area (Å²) in [5.41, 5.74) is 0.0223. The molecule has 3 fully saturated rings. The lowest BCUT2D eigenvalue weighted by Gasteiger charge is -2.27. The molecule has 1 aliphatic carbocycles. The zero-order valence-electron chi connectivity index (χ0n) is 18.2. The van der Waals surface area contributed by atoms with Crippen LogP contribution in [0.2, 0.25) is 0 Å². The number of carbonyl (C=O) groups is 2. The highest BCUT2D eigenvalue weighted by Gasteiger charge is 2.42. The minimum Gasteiger partial charge on any atom is -0.374 e. The van der Waals surface area contributed by atoms with Gasteiger partial charge < -0.3 is 15.0 Å². The molecule has 12 heteroatoms. The number of Topliss-reactive ketones (excluding diaryl/α,β-unsaturated/α-hetero) is 1. The minimum absolute atomic E-state index is 0.0515. The molecule has 1 amide bonds. The molecular formula is C22H23F2N7O3. The van der Waals surface area contributed by atoms with Gasteiger partial charge in [-0.15, -0.1) is 5.10 Å². The lowest BCUT2D eigenvalue weighted by molar-refractivity contribution is -0.120. The van der Waals surface area contributed by atoms with Gasteiger partial charge in [-0.3, -0.25) is 14.3 Å². The first kappa shape index (κ1) is 21.1. The number of nitrogens with one attached hydrogen (secondary N) is 1. The average molecular weight is 471 g/mol. The summed E-state index contributed by atoms with van der Waals surface area (Å²) in [6.07, 6.45) is 4.64. The number of hydrogen-bond acceptors (Lipinski definition) is 7. The fourth-order valence-electron chi connectivity index (χ4n) is 5.16. The molecule has 34 heavy (non-hydrogen) atoms. The number of aromatic nitrogens is 5. The van der Waals surface area contributed by atoms with Crippen molar-refractivity contribution in [2.24, 2.45) is 0 Å². The fourth-order valence-corrected chi connectivity index (χ4v) is 5.16. The Balaban J connectivity index is 1.34. The largest absolute Gasteiger partial charge is 0.374 e. The number of alkyl halides is 2. The molecule has 0 unspecified atom stereocenters. The van der Waals surface area contributed by atoms with Gasteiger partial charge in [0.05, 0.1) is 30.5 Å². The molecule has 3 aliphatic rings. The molecule has 5 heterocycles. The summed E-state index contributed by atoms with van der Waals surface area (Å²) in [7, 11) is 0. The van der Waals surface area contributed by atoms with E-state index in [-0.39, 0.29) is 35.2 Å². The predicted octanol–water partition coefficient (Wildman–Crippen LogP) is 2.78. The summed E-state index contributed by atoms with van der Waals surface area (Å²) < 4.78 is 36.3. The van der Waals surface area contributed by atoms with Crippen LogP contribution < -0.4 is 10.2 Å². The first-order chi connectivity index (χ1) is 16.5. The third kappa shape index (κ3) is 3.52. The van der Waals surface area contributed by atoms with Gasteiger partial charge in [0.2, 0.25) is 0 Å². The summed E-state index contributed by atoms with van der Waals surface area (Å²) in [5, 5.41) is 11.3. The van der Waals surface area contributed by atoms with Crippen molar-refractivity contribution in [1.82, 2.24) is 24.4 Å². The van der Waals surface area contributed by atoms with Gasteiger partial charge in [0.1, 0.15) is 11.3 Å². The molecule has 2 saturated heterocycles. The number of anilines is 2. The molecule has 2 aliphatic heterocycles. The standard InChI is InChI=1S/C22H23F2N7O3/c23-19(24)18-16(10-31(27-18)12-2-4-14(32)5-3-12)26-22(33)17-20-25-6-1-7-30(20)28-21(17)29-9-15-8-13(29)11-34-15/h1,6-7,10,12-13,15,19H,2-5,8-9,11H2,(H,26,33)/t13-,15-/m1/s1. The van der Waals surface area contributed by atoms with Crippen molar-refractivity contribution < 1.29 is 23.1 Å². The van der Waals surface area contributed by atoms with Crippen LogP contribution >= 0.6 is 0 Å². The monoisotopic (exact) mass is 471 g/mol. The number of carbonyl (C=O) groups excluding carboxylic acids is 2. The van der Waals surface area contributed by atoms with E-state index in [9.17, 15) is 18.4 Å². The van der Waals surface area contributed by atoms with E-state index in [1.54, 1.807) is 18.5 Å². The van der Waals surface area contributed by atoms with Crippen LogP contribution in [-0.2, 0) is 9.53 Å². The van der Waals surface area contributed by atoms with E-state index in [0.29, 0.717) is 50.3 Å². The number of amides is 1. The topological polar surface area (TPSA) is 107 Å². The molecule has 178 valence electrons. The third-order valence-electron chi connectivity index (χ3n) is 6.88. The summed E-state index contributed by atoms with van der Waals surface area (Å²) in [6, 6.07) is 1.66. The first-order valence-electron chi connectivity index (χ1n) is 11.4. The van der Waals surface area contributed by atoms with Crippen LogP contribution in [0.3, 0.4) is 0 Å². The lowest BCUT2D eigenvalue weighted by Crippen LogP contribution is -2.38. The summed E-state index contributed by atoms with van der Waals surface area (Å²) in [6.45, 7) is 1.16. The average Bonchev–Trinajstić information content (AvgIpc) is 3.61. The van der Waals surface area contributed by atoms with Crippen molar-refractivity contribution >= 4 is 28.8 Å². The number of halogens is 2. The molecule has 10 nitrogen and oxygen atoms in total. The zero-order valence-corrected chi connectivity index (χ0v) is 18.2. The van der Waals surface area contributed by atoms with Crippen LogP contribution in [0.5, 0.6) is 0 Å². The van der Waals surface area contributed by atoms with Gasteiger partial charge >= 0.3 is 0 Å². The number of rotatable bonds is 5. The summed E-state index contributed by atoms with van der Waals surface area (Å²) in [4.78, 5) is 31.4. The maximum absolute atomic E-state index is 13.8. The highest BCUT2D eigenvalue weighted by atomic mass is 19.3. The van der Waals surface area contributed by atoms with Crippen LogP contribution in [-0.4, -0.2) is 61.4 Å². The van der Waals surface area contributed by atoms with Crippen LogP contribution in [0.1, 0.15) is 60.6 Å². The van der Waals surface area contributed by atoms with Gasteiger partial charge in [0, 0.05) is 38.0 Å². The van der Waals surface area contributed by atoms with Crippen LogP contribution in [0.4, 0.5) is 20.3 Å². The van der Waals surface area contributed by atoms with E-state index in [0.717, 1.165) is 6.42 Å². The van der Waals surface area contributed by atoms with Gasteiger partial charge in [-0.2, -0.15) is 5.10 Å². The number of morpholine rings is 1. The quantitative estimate of drug-likeness (QED) is 0.610. The molecule has 3 aromatic heterocycles. The second-order valence-electron chi connectivity index (χ2n) is 9.02. The smallest absolute Gasteiger partial charge is 0.284 e. The molecule has 3 aromatic rings. The number of ether oxygens (including phenoxy) is 1. The minimum atomic E-state index is -2.87. The Hall–Kier alpha value is -3.41. The Labute approximate surface area is 192 Å². The van der Waals surface area contributed by atoms with E-state index >= 15 is 0 Å². The SMILES string of the molecule is O=C1CCC(n2cc(NC(=O)c3c(N4C[C@H]5C[C@@H]4CO5)nn4cccnc34)c(C(F)F)n2)CC1. The van der Waals surface area contributed by atoms with E-state index < -0.39 is 18.0 Å². The van der Waals surface area contributed by atoms with E-state index in [4.69, 9.17) is 4.74 Å². The van der Waals surface area contributed by atoms with Gasteiger partial charge in [0.15, 0.2) is 17.2 Å². The predicted molar refractivity (Wildman–Crippen MR) is 116 cm³/mol. The molecule has 0 radical (unpaired) electrons. The van der Waals surface area contributed by atoms with Crippen LogP contribution in [0.15, 0.2) is 24.7 Å². The molecule has 0 aromatic carbocycles. The van der Waals surface area contributed by atoms with Crippen LogP contribution in [0.25, 0.3) is 5.65 Å². The van der Waals surface area contributed by atoms with E-state index in [1.807, 2.05) is 4.90 Å². The van der Waals surface area contributed by atoms with Crippen molar-refractivity contribution in [1.29, 1.82) is 0 Å². The van der Waals surface area contributed by atoms with E-state index in [2.05, 4.69) is 20.5 Å². The maximum atomic E-state index is 13.8. The Bertz CT molecular complexity index is 1260. The molecule has 1 saturated carbocycles. The number of fused-ring (bicyclic) bond motifs is 3. The normalized spacial score (nSPS) is 22.9. The highest BCUT2D eigenvalue weighted by molar-refractivity contribution is 6.12. The van der Waals surface area contributed by atoms with Gasteiger partial charge in [-0.05, 0) is 25.3 Å². The van der Waals surface area contributed by atoms with Crippen molar-refractivity contribution in [2.75, 3.05) is 23.4 Å². The summed E-state index contributed by atoms with van der Waals surface area (Å²) in [5.74, 6) is 0.0524.